The summed E-state index contributed by atoms with van der Waals surface area (Å²) < 4.78 is 27.2. The highest BCUT2D eigenvalue weighted by Crippen LogP contribution is 2.41. The molecule has 0 radical (unpaired) electrons. The van der Waals surface area contributed by atoms with Crippen LogP contribution >= 0.6 is 0 Å². The summed E-state index contributed by atoms with van der Waals surface area (Å²) in [4.78, 5) is 0. The molecular formula is C11H13F2NO. The monoisotopic (exact) mass is 213 g/mol. The predicted molar refractivity (Wildman–Crippen MR) is 52.2 cm³/mol. The molecule has 0 aliphatic heterocycles. The minimum Gasteiger partial charge on any atom is -0.393 e. The van der Waals surface area contributed by atoms with E-state index in [-0.39, 0.29) is 18.4 Å². The van der Waals surface area contributed by atoms with Gasteiger partial charge in [0, 0.05) is 5.56 Å². The summed E-state index contributed by atoms with van der Waals surface area (Å²) in [5.74, 6) is -1.23. The summed E-state index contributed by atoms with van der Waals surface area (Å²) in [6, 6.07) is 2.60. The minimum atomic E-state index is -1.04. The standard InChI is InChI=1S/C11H13F2NO/c1-6-2-3-8(12)9(10(6)13)11(14)4-7(15)5-11/h2-3,7,15H,4-5,14H2,1H3. The van der Waals surface area contributed by atoms with Crippen LogP contribution in [0.4, 0.5) is 8.78 Å². The van der Waals surface area contributed by atoms with Gasteiger partial charge in [0.25, 0.3) is 0 Å². The normalized spacial score (nSPS) is 30.1. The molecule has 1 aromatic carbocycles. The number of rotatable bonds is 1. The van der Waals surface area contributed by atoms with Crippen molar-refractivity contribution in [3.05, 3.63) is 34.9 Å². The van der Waals surface area contributed by atoms with Crippen LogP contribution in [0.1, 0.15) is 24.0 Å². The lowest BCUT2D eigenvalue weighted by Crippen LogP contribution is -2.52. The SMILES string of the molecule is Cc1ccc(F)c(C2(N)CC(O)C2)c1F. The molecule has 3 N–H and O–H groups in total. The predicted octanol–water partition coefficient (Wildman–Crippen LogP) is 1.58. The Morgan fingerprint density at radius 2 is 2.00 bits per heavy atom. The maximum Gasteiger partial charge on any atom is 0.134 e. The van der Waals surface area contributed by atoms with Crippen LogP contribution in [0.15, 0.2) is 12.1 Å². The number of benzene rings is 1. The zero-order valence-electron chi connectivity index (χ0n) is 8.43. The van der Waals surface area contributed by atoms with Gasteiger partial charge in [-0.05, 0) is 31.4 Å². The van der Waals surface area contributed by atoms with E-state index in [0.29, 0.717) is 5.56 Å². The summed E-state index contributed by atoms with van der Waals surface area (Å²) in [6.45, 7) is 1.57. The second-order valence-corrected chi connectivity index (χ2v) is 4.27. The Bertz CT molecular complexity index is 400. The highest BCUT2D eigenvalue weighted by molar-refractivity contribution is 5.34. The number of halogens is 2. The van der Waals surface area contributed by atoms with E-state index < -0.39 is 23.3 Å². The Morgan fingerprint density at radius 1 is 1.40 bits per heavy atom. The second-order valence-electron chi connectivity index (χ2n) is 4.27. The van der Waals surface area contributed by atoms with Crippen LogP contribution in [-0.4, -0.2) is 11.2 Å². The van der Waals surface area contributed by atoms with Gasteiger partial charge in [-0.2, -0.15) is 0 Å². The summed E-state index contributed by atoms with van der Waals surface area (Å²) in [6.07, 6.45) is -0.122. The molecule has 2 nitrogen and oxygen atoms in total. The van der Waals surface area contributed by atoms with Crippen molar-refractivity contribution in [1.82, 2.24) is 0 Å². The molecule has 0 bridgehead atoms. The molecule has 0 atom stereocenters. The van der Waals surface area contributed by atoms with Crippen molar-refractivity contribution in [2.45, 2.75) is 31.4 Å². The first-order valence-electron chi connectivity index (χ1n) is 4.86. The molecule has 0 amide bonds. The Balaban J connectivity index is 2.48. The van der Waals surface area contributed by atoms with Crippen molar-refractivity contribution < 1.29 is 13.9 Å². The van der Waals surface area contributed by atoms with Gasteiger partial charge in [-0.25, -0.2) is 8.78 Å². The zero-order valence-corrected chi connectivity index (χ0v) is 8.43. The van der Waals surface area contributed by atoms with E-state index in [1.165, 1.54) is 12.1 Å². The van der Waals surface area contributed by atoms with Gasteiger partial charge in [-0.15, -0.1) is 0 Å². The molecule has 0 saturated heterocycles. The van der Waals surface area contributed by atoms with Crippen molar-refractivity contribution in [2.75, 3.05) is 0 Å². The Kier molecular flexibility index (Phi) is 2.28. The number of aliphatic hydroxyl groups is 1. The highest BCUT2D eigenvalue weighted by Gasteiger charge is 2.45. The number of hydrogen-bond acceptors (Lipinski definition) is 2. The van der Waals surface area contributed by atoms with Crippen LogP contribution in [0.5, 0.6) is 0 Å². The van der Waals surface area contributed by atoms with Gasteiger partial charge in [-0.3, -0.25) is 0 Å². The van der Waals surface area contributed by atoms with Crippen LogP contribution < -0.4 is 5.73 Å². The average molecular weight is 213 g/mol. The van der Waals surface area contributed by atoms with Crippen molar-refractivity contribution in [3.63, 3.8) is 0 Å². The van der Waals surface area contributed by atoms with Gasteiger partial charge in [0.05, 0.1) is 11.6 Å². The topological polar surface area (TPSA) is 46.2 Å². The maximum absolute atomic E-state index is 13.7. The molecule has 1 fully saturated rings. The lowest BCUT2D eigenvalue weighted by Gasteiger charge is -2.42. The van der Waals surface area contributed by atoms with E-state index >= 15 is 0 Å². The Labute approximate surface area is 86.7 Å². The molecule has 0 unspecified atom stereocenters. The fourth-order valence-corrected chi connectivity index (χ4v) is 2.10. The number of hydrogen-bond donors (Lipinski definition) is 2. The first kappa shape index (κ1) is 10.5. The third-order valence-corrected chi connectivity index (χ3v) is 2.98. The molecule has 1 saturated carbocycles. The number of aliphatic hydroxyl groups excluding tert-OH is 1. The summed E-state index contributed by atoms with van der Waals surface area (Å²) in [7, 11) is 0. The molecule has 4 heteroatoms. The quantitative estimate of drug-likeness (QED) is 0.744. The molecule has 15 heavy (non-hydrogen) atoms. The van der Waals surface area contributed by atoms with Gasteiger partial charge >= 0.3 is 0 Å². The molecule has 1 aromatic rings. The summed E-state index contributed by atoms with van der Waals surface area (Å²) >= 11 is 0. The molecule has 0 spiro atoms. The Morgan fingerprint density at radius 3 is 2.53 bits per heavy atom. The molecule has 0 aromatic heterocycles. The lowest BCUT2D eigenvalue weighted by atomic mass is 9.70. The van der Waals surface area contributed by atoms with Crippen molar-refractivity contribution in [2.24, 2.45) is 5.73 Å². The van der Waals surface area contributed by atoms with Gasteiger partial charge in [0.15, 0.2) is 0 Å². The third kappa shape index (κ3) is 1.54. The van der Waals surface area contributed by atoms with E-state index in [2.05, 4.69) is 0 Å². The van der Waals surface area contributed by atoms with Crippen LogP contribution in [0, 0.1) is 18.6 Å². The van der Waals surface area contributed by atoms with Crippen molar-refractivity contribution >= 4 is 0 Å². The first-order valence-corrected chi connectivity index (χ1v) is 4.86. The average Bonchev–Trinajstić information content (AvgIpc) is 2.10. The smallest absolute Gasteiger partial charge is 0.134 e. The molecule has 1 aliphatic rings. The van der Waals surface area contributed by atoms with Crippen LogP contribution in [0.2, 0.25) is 0 Å². The van der Waals surface area contributed by atoms with Gasteiger partial charge in [-0.1, -0.05) is 6.07 Å². The summed E-state index contributed by atoms with van der Waals surface area (Å²) in [5.41, 5.74) is 5.09. The van der Waals surface area contributed by atoms with E-state index in [0.717, 1.165) is 0 Å². The van der Waals surface area contributed by atoms with E-state index in [9.17, 15) is 13.9 Å². The first-order chi connectivity index (χ1) is 6.94. The van der Waals surface area contributed by atoms with E-state index in [1.807, 2.05) is 0 Å². The van der Waals surface area contributed by atoms with Crippen molar-refractivity contribution in [3.8, 4) is 0 Å². The third-order valence-electron chi connectivity index (χ3n) is 2.98. The molecule has 82 valence electrons. The fraction of sp³-hybridized carbons (Fsp3) is 0.455. The van der Waals surface area contributed by atoms with Crippen LogP contribution in [0.3, 0.4) is 0 Å². The van der Waals surface area contributed by atoms with Crippen LogP contribution in [-0.2, 0) is 5.54 Å². The number of nitrogens with two attached hydrogens (primary N) is 1. The van der Waals surface area contributed by atoms with Crippen molar-refractivity contribution in [1.29, 1.82) is 0 Å². The fourth-order valence-electron chi connectivity index (χ4n) is 2.10. The number of aryl methyl sites for hydroxylation is 1. The van der Waals surface area contributed by atoms with Gasteiger partial charge in [0.2, 0.25) is 0 Å². The second kappa shape index (κ2) is 3.25. The zero-order chi connectivity index (χ0) is 11.2. The summed E-state index contributed by atoms with van der Waals surface area (Å²) in [5, 5.41) is 9.17. The molecule has 0 heterocycles. The molecule has 1 aliphatic carbocycles. The molecular weight excluding hydrogens is 200 g/mol. The lowest BCUT2D eigenvalue weighted by molar-refractivity contribution is 0.0174. The van der Waals surface area contributed by atoms with Gasteiger partial charge < -0.3 is 10.8 Å². The van der Waals surface area contributed by atoms with E-state index in [4.69, 9.17) is 5.73 Å². The minimum absolute atomic E-state index is 0.0900. The van der Waals surface area contributed by atoms with Gasteiger partial charge in [0.1, 0.15) is 11.6 Å². The van der Waals surface area contributed by atoms with E-state index in [1.54, 1.807) is 6.92 Å². The van der Waals surface area contributed by atoms with Crippen LogP contribution in [0.25, 0.3) is 0 Å². The highest BCUT2D eigenvalue weighted by atomic mass is 19.1. The molecule has 2 rings (SSSR count). The maximum atomic E-state index is 13.7. The largest absolute Gasteiger partial charge is 0.393 e. The Hall–Kier alpha value is -1.00.